The van der Waals surface area contributed by atoms with Crippen molar-refractivity contribution >= 4 is 15.9 Å². The predicted octanol–water partition coefficient (Wildman–Crippen LogP) is 4.54. The molecule has 0 spiro atoms. The van der Waals surface area contributed by atoms with Crippen LogP contribution in [0, 0.1) is 11.8 Å². The molecule has 0 aromatic heterocycles. The molecule has 1 aliphatic carbocycles. The lowest BCUT2D eigenvalue weighted by molar-refractivity contribution is 0.305. The lowest BCUT2D eigenvalue weighted by atomic mass is 9.86. The molecule has 1 saturated carbocycles. The zero-order valence-corrected chi connectivity index (χ0v) is 12.3. The molecule has 2 rings (SSSR count). The summed E-state index contributed by atoms with van der Waals surface area (Å²) in [6.45, 7) is 5.65. The minimum Gasteiger partial charge on any atom is -0.310 e. The van der Waals surface area contributed by atoms with E-state index < -0.39 is 0 Å². The molecule has 1 fully saturated rings. The average Bonchev–Trinajstić information content (AvgIpc) is 2.74. The summed E-state index contributed by atoms with van der Waals surface area (Å²) >= 11 is 3.51. The molecule has 0 bridgehead atoms. The van der Waals surface area contributed by atoms with E-state index in [1.807, 2.05) is 0 Å². The van der Waals surface area contributed by atoms with Crippen molar-refractivity contribution in [2.45, 2.75) is 39.2 Å². The second-order valence-corrected chi connectivity index (χ2v) is 6.07. The van der Waals surface area contributed by atoms with E-state index in [0.717, 1.165) is 22.9 Å². The van der Waals surface area contributed by atoms with E-state index in [2.05, 4.69) is 59.4 Å². The van der Waals surface area contributed by atoms with Crippen LogP contribution in [0.25, 0.3) is 0 Å². The third-order valence-electron chi connectivity index (χ3n) is 4.01. The van der Waals surface area contributed by atoms with Gasteiger partial charge in [0.05, 0.1) is 0 Å². The molecule has 1 N–H and O–H groups in total. The molecule has 3 unspecified atom stereocenters. The summed E-state index contributed by atoms with van der Waals surface area (Å²) in [6.07, 6.45) is 4.16. The highest BCUT2D eigenvalue weighted by atomic mass is 79.9. The summed E-state index contributed by atoms with van der Waals surface area (Å²) in [5, 5.41) is 3.68. The molecule has 2 heteroatoms. The van der Waals surface area contributed by atoms with Crippen molar-refractivity contribution in [2.24, 2.45) is 11.8 Å². The summed E-state index contributed by atoms with van der Waals surface area (Å²) in [5.74, 6) is 1.65. The SMILES string of the molecule is CCNC(c1ccc(Br)cc1)C1CCCC1C. The zero-order valence-electron chi connectivity index (χ0n) is 10.7. The Labute approximate surface area is 113 Å². The Morgan fingerprint density at radius 3 is 2.53 bits per heavy atom. The van der Waals surface area contributed by atoms with Gasteiger partial charge in [0.1, 0.15) is 0 Å². The van der Waals surface area contributed by atoms with E-state index in [1.54, 1.807) is 0 Å². The lowest BCUT2D eigenvalue weighted by Crippen LogP contribution is -2.29. The van der Waals surface area contributed by atoms with Gasteiger partial charge in [-0.25, -0.2) is 0 Å². The molecular weight excluding hydrogens is 274 g/mol. The van der Waals surface area contributed by atoms with Crippen LogP contribution in [0.3, 0.4) is 0 Å². The highest BCUT2D eigenvalue weighted by Gasteiger charge is 2.31. The van der Waals surface area contributed by atoms with Crippen LogP contribution in [0.2, 0.25) is 0 Å². The van der Waals surface area contributed by atoms with Gasteiger partial charge in [-0.05, 0) is 42.5 Å². The maximum atomic E-state index is 3.68. The lowest BCUT2D eigenvalue weighted by Gasteiger charge is -2.28. The Morgan fingerprint density at radius 1 is 1.29 bits per heavy atom. The Balaban J connectivity index is 2.18. The first-order chi connectivity index (χ1) is 8.22. The summed E-state index contributed by atoms with van der Waals surface area (Å²) in [5.41, 5.74) is 1.44. The predicted molar refractivity (Wildman–Crippen MR) is 77.1 cm³/mol. The van der Waals surface area contributed by atoms with Crippen molar-refractivity contribution in [2.75, 3.05) is 6.54 Å². The van der Waals surface area contributed by atoms with Crippen molar-refractivity contribution in [1.29, 1.82) is 0 Å². The smallest absolute Gasteiger partial charge is 0.0351 e. The maximum absolute atomic E-state index is 3.68. The van der Waals surface area contributed by atoms with Gasteiger partial charge in [-0.1, -0.05) is 54.8 Å². The average molecular weight is 296 g/mol. The minimum atomic E-state index is 0.533. The van der Waals surface area contributed by atoms with Gasteiger partial charge in [0.2, 0.25) is 0 Å². The van der Waals surface area contributed by atoms with Crippen molar-refractivity contribution in [3.63, 3.8) is 0 Å². The quantitative estimate of drug-likeness (QED) is 0.860. The van der Waals surface area contributed by atoms with Crippen LogP contribution >= 0.6 is 15.9 Å². The van der Waals surface area contributed by atoms with Gasteiger partial charge in [0, 0.05) is 10.5 Å². The second kappa shape index (κ2) is 6.01. The van der Waals surface area contributed by atoms with Gasteiger partial charge >= 0.3 is 0 Å². The van der Waals surface area contributed by atoms with Gasteiger partial charge < -0.3 is 5.32 Å². The minimum absolute atomic E-state index is 0.533. The molecule has 0 heterocycles. The van der Waals surface area contributed by atoms with E-state index in [4.69, 9.17) is 0 Å². The highest BCUT2D eigenvalue weighted by molar-refractivity contribution is 9.10. The summed E-state index contributed by atoms with van der Waals surface area (Å²) < 4.78 is 1.16. The molecular formula is C15H22BrN. The maximum Gasteiger partial charge on any atom is 0.0351 e. The first kappa shape index (κ1) is 13.1. The monoisotopic (exact) mass is 295 g/mol. The summed E-state index contributed by atoms with van der Waals surface area (Å²) in [7, 11) is 0. The van der Waals surface area contributed by atoms with E-state index >= 15 is 0 Å². The Morgan fingerprint density at radius 2 is 2.00 bits per heavy atom. The summed E-state index contributed by atoms with van der Waals surface area (Å²) in [4.78, 5) is 0. The Hall–Kier alpha value is -0.340. The van der Waals surface area contributed by atoms with E-state index in [-0.39, 0.29) is 0 Å². The fourth-order valence-electron chi connectivity index (χ4n) is 3.08. The fourth-order valence-corrected chi connectivity index (χ4v) is 3.34. The van der Waals surface area contributed by atoms with Gasteiger partial charge in [-0.2, -0.15) is 0 Å². The van der Waals surface area contributed by atoms with Crippen LogP contribution in [0.5, 0.6) is 0 Å². The molecule has 1 nitrogen and oxygen atoms in total. The van der Waals surface area contributed by atoms with Crippen LogP contribution in [-0.4, -0.2) is 6.54 Å². The van der Waals surface area contributed by atoms with Crippen molar-refractivity contribution in [1.82, 2.24) is 5.32 Å². The van der Waals surface area contributed by atoms with Gasteiger partial charge in [0.25, 0.3) is 0 Å². The van der Waals surface area contributed by atoms with Crippen LogP contribution in [0.15, 0.2) is 28.7 Å². The molecule has 17 heavy (non-hydrogen) atoms. The van der Waals surface area contributed by atoms with Crippen molar-refractivity contribution in [3.8, 4) is 0 Å². The number of rotatable bonds is 4. The van der Waals surface area contributed by atoms with Gasteiger partial charge in [0.15, 0.2) is 0 Å². The second-order valence-electron chi connectivity index (χ2n) is 5.16. The topological polar surface area (TPSA) is 12.0 Å². The van der Waals surface area contributed by atoms with E-state index in [9.17, 15) is 0 Å². The first-order valence-electron chi connectivity index (χ1n) is 6.71. The van der Waals surface area contributed by atoms with Crippen LogP contribution < -0.4 is 5.32 Å². The van der Waals surface area contributed by atoms with Gasteiger partial charge in [-0.3, -0.25) is 0 Å². The molecule has 3 atom stereocenters. The van der Waals surface area contributed by atoms with E-state index in [1.165, 1.54) is 24.8 Å². The number of hydrogen-bond acceptors (Lipinski definition) is 1. The fraction of sp³-hybridized carbons (Fsp3) is 0.600. The molecule has 1 aliphatic rings. The first-order valence-corrected chi connectivity index (χ1v) is 7.50. The van der Waals surface area contributed by atoms with E-state index in [0.29, 0.717) is 6.04 Å². The van der Waals surface area contributed by atoms with Gasteiger partial charge in [-0.15, -0.1) is 0 Å². The number of hydrogen-bond donors (Lipinski definition) is 1. The number of nitrogens with one attached hydrogen (secondary N) is 1. The van der Waals surface area contributed by atoms with Crippen LogP contribution in [0.4, 0.5) is 0 Å². The highest BCUT2D eigenvalue weighted by Crippen LogP contribution is 2.40. The van der Waals surface area contributed by atoms with Crippen LogP contribution in [0.1, 0.15) is 44.7 Å². The Kier molecular flexibility index (Phi) is 4.63. The van der Waals surface area contributed by atoms with Crippen LogP contribution in [-0.2, 0) is 0 Å². The molecule has 0 amide bonds. The number of halogens is 1. The molecule has 0 aliphatic heterocycles. The molecule has 1 aromatic rings. The summed E-state index contributed by atoms with van der Waals surface area (Å²) in [6, 6.07) is 9.34. The molecule has 0 radical (unpaired) electrons. The molecule has 0 saturated heterocycles. The molecule has 94 valence electrons. The largest absolute Gasteiger partial charge is 0.310 e. The van der Waals surface area contributed by atoms with Crippen molar-refractivity contribution < 1.29 is 0 Å². The zero-order chi connectivity index (χ0) is 12.3. The Bertz CT molecular complexity index is 346. The van der Waals surface area contributed by atoms with Crippen molar-refractivity contribution in [3.05, 3.63) is 34.3 Å². The normalized spacial score (nSPS) is 26.1. The number of benzene rings is 1. The third kappa shape index (κ3) is 3.11. The standard InChI is InChI=1S/C15H22BrN/c1-3-17-15(14-6-4-5-11(14)2)12-7-9-13(16)10-8-12/h7-11,14-15,17H,3-6H2,1-2H3. The molecule has 1 aromatic carbocycles. The third-order valence-corrected chi connectivity index (χ3v) is 4.54.